The van der Waals surface area contributed by atoms with Gasteiger partial charge in [0, 0.05) is 0 Å². The van der Waals surface area contributed by atoms with E-state index in [0.29, 0.717) is 0 Å². The van der Waals surface area contributed by atoms with Gasteiger partial charge in [0.1, 0.15) is 0 Å². The Balaban J connectivity index is 0.000000213. The van der Waals surface area contributed by atoms with E-state index in [2.05, 4.69) is 39.8 Å². The molecule has 2 rings (SSSR count). The average molecular weight is 206 g/mol. The van der Waals surface area contributed by atoms with Crippen molar-refractivity contribution in [1.82, 2.24) is 0 Å². The van der Waals surface area contributed by atoms with Crippen LogP contribution in [-0.4, -0.2) is 0 Å². The van der Waals surface area contributed by atoms with Gasteiger partial charge in [-0.15, -0.1) is 0 Å². The zero-order valence-electron chi connectivity index (χ0n) is 10.8. The van der Waals surface area contributed by atoms with E-state index < -0.39 is 0 Å². The molecule has 0 heterocycles. The van der Waals surface area contributed by atoms with Crippen LogP contribution in [0.5, 0.6) is 0 Å². The van der Waals surface area contributed by atoms with Crippen LogP contribution in [0, 0.1) is 12.8 Å². The predicted molar refractivity (Wildman–Crippen MR) is 70.2 cm³/mol. The predicted octanol–water partition coefficient (Wildman–Crippen LogP) is 5.22. The lowest BCUT2D eigenvalue weighted by molar-refractivity contribution is 0.626. The topological polar surface area (TPSA) is 0 Å². The van der Waals surface area contributed by atoms with Crippen LogP contribution in [0.25, 0.3) is 0 Å². The van der Waals surface area contributed by atoms with Gasteiger partial charge >= 0.3 is 0 Å². The average Bonchev–Trinajstić information content (AvgIpc) is 3.06. The molecule has 0 bridgehead atoms. The second-order valence-electron chi connectivity index (χ2n) is 4.52. The van der Waals surface area contributed by atoms with E-state index in [0.717, 1.165) is 5.92 Å². The van der Waals surface area contributed by atoms with Crippen molar-refractivity contribution >= 4 is 0 Å². The van der Waals surface area contributed by atoms with E-state index in [-0.39, 0.29) is 0 Å². The second kappa shape index (κ2) is 9.76. The summed E-state index contributed by atoms with van der Waals surface area (Å²) in [5.41, 5.74) is 1.32. The molecule has 0 atom stereocenters. The van der Waals surface area contributed by atoms with E-state index in [1.807, 2.05) is 18.2 Å². The first-order chi connectivity index (χ1) is 7.16. The SMILES string of the molecule is C1CC1.CCC(C)C.Cc1ccccc1. The molecule has 86 valence electrons. The summed E-state index contributed by atoms with van der Waals surface area (Å²) in [6, 6.07) is 10.3. The van der Waals surface area contributed by atoms with Crippen molar-refractivity contribution < 1.29 is 0 Å². The van der Waals surface area contributed by atoms with Gasteiger partial charge in [0.2, 0.25) is 0 Å². The van der Waals surface area contributed by atoms with Crippen LogP contribution in [0.2, 0.25) is 0 Å². The number of aryl methyl sites for hydroxylation is 1. The first-order valence-corrected chi connectivity index (χ1v) is 6.18. The summed E-state index contributed by atoms with van der Waals surface area (Å²) in [7, 11) is 0. The summed E-state index contributed by atoms with van der Waals surface area (Å²) in [4.78, 5) is 0. The molecule has 1 fully saturated rings. The molecule has 0 amide bonds. The van der Waals surface area contributed by atoms with E-state index in [4.69, 9.17) is 0 Å². The Labute approximate surface area is 95.7 Å². The number of rotatable bonds is 1. The van der Waals surface area contributed by atoms with Gasteiger partial charge in [-0.2, -0.15) is 0 Å². The maximum atomic E-state index is 2.22. The van der Waals surface area contributed by atoms with Crippen molar-refractivity contribution in [3.8, 4) is 0 Å². The second-order valence-corrected chi connectivity index (χ2v) is 4.52. The minimum absolute atomic E-state index is 0.884. The maximum absolute atomic E-state index is 2.22. The first-order valence-electron chi connectivity index (χ1n) is 6.18. The van der Waals surface area contributed by atoms with Gasteiger partial charge in [-0.1, -0.05) is 82.3 Å². The largest absolute Gasteiger partial charge is 0.0651 e. The van der Waals surface area contributed by atoms with Crippen molar-refractivity contribution in [1.29, 1.82) is 0 Å². The molecule has 1 saturated carbocycles. The Bertz CT molecular complexity index is 206. The summed E-state index contributed by atoms with van der Waals surface area (Å²) in [6.07, 6.45) is 5.81. The summed E-state index contributed by atoms with van der Waals surface area (Å²) in [5.74, 6) is 0.884. The van der Waals surface area contributed by atoms with Gasteiger partial charge in [0.25, 0.3) is 0 Å². The van der Waals surface area contributed by atoms with Gasteiger partial charge in [0.05, 0.1) is 0 Å². The third-order valence-corrected chi connectivity index (χ3v) is 2.11. The Morgan fingerprint density at radius 1 is 1.00 bits per heavy atom. The lowest BCUT2D eigenvalue weighted by Crippen LogP contribution is -1.77. The maximum Gasteiger partial charge on any atom is -0.0398 e. The van der Waals surface area contributed by atoms with Crippen molar-refractivity contribution in [3.05, 3.63) is 35.9 Å². The summed E-state index contributed by atoms with van der Waals surface area (Å²) >= 11 is 0. The molecule has 1 aromatic carbocycles. The monoisotopic (exact) mass is 206 g/mol. The Kier molecular flexibility index (Phi) is 9.26. The quantitative estimate of drug-likeness (QED) is 0.591. The minimum Gasteiger partial charge on any atom is -0.0651 e. The smallest absolute Gasteiger partial charge is 0.0398 e. The highest BCUT2D eigenvalue weighted by molar-refractivity contribution is 5.11. The highest BCUT2D eigenvalue weighted by atomic mass is 14.0. The van der Waals surface area contributed by atoms with Crippen LogP contribution in [0.1, 0.15) is 52.0 Å². The standard InChI is InChI=1S/C7H8.C5H12.C3H6/c1-7-5-3-2-4-6-7;1-4-5(2)3;1-2-3-1/h2-6H,1H3;5H,4H2,1-3H3;1-3H2. The normalized spacial score (nSPS) is 12.1. The van der Waals surface area contributed by atoms with Crippen molar-refractivity contribution in [3.63, 3.8) is 0 Å². The third-order valence-electron chi connectivity index (χ3n) is 2.11. The molecule has 0 saturated heterocycles. The number of benzene rings is 1. The van der Waals surface area contributed by atoms with Gasteiger partial charge in [-0.3, -0.25) is 0 Å². The van der Waals surface area contributed by atoms with Crippen molar-refractivity contribution in [2.24, 2.45) is 5.92 Å². The molecular formula is C15H26. The van der Waals surface area contributed by atoms with Crippen LogP contribution in [-0.2, 0) is 0 Å². The summed E-state index contributed by atoms with van der Waals surface area (Å²) < 4.78 is 0. The highest BCUT2D eigenvalue weighted by Gasteiger charge is 1.95. The zero-order valence-corrected chi connectivity index (χ0v) is 10.8. The van der Waals surface area contributed by atoms with Gasteiger partial charge < -0.3 is 0 Å². The Morgan fingerprint density at radius 3 is 1.53 bits per heavy atom. The molecule has 1 aliphatic carbocycles. The lowest BCUT2D eigenvalue weighted by Gasteiger charge is -1.90. The number of hydrogen-bond donors (Lipinski definition) is 0. The molecule has 0 heteroatoms. The van der Waals surface area contributed by atoms with E-state index in [9.17, 15) is 0 Å². The molecule has 0 radical (unpaired) electrons. The summed E-state index contributed by atoms with van der Waals surface area (Å²) in [6.45, 7) is 8.73. The summed E-state index contributed by atoms with van der Waals surface area (Å²) in [5, 5.41) is 0. The fourth-order valence-corrected chi connectivity index (χ4v) is 0.534. The number of hydrogen-bond acceptors (Lipinski definition) is 0. The molecule has 0 nitrogen and oxygen atoms in total. The fourth-order valence-electron chi connectivity index (χ4n) is 0.534. The molecule has 15 heavy (non-hydrogen) atoms. The highest BCUT2D eigenvalue weighted by Crippen LogP contribution is 2.14. The van der Waals surface area contributed by atoms with Crippen LogP contribution >= 0.6 is 0 Å². The van der Waals surface area contributed by atoms with Crippen molar-refractivity contribution in [2.45, 2.75) is 53.4 Å². The van der Waals surface area contributed by atoms with Crippen molar-refractivity contribution in [2.75, 3.05) is 0 Å². The van der Waals surface area contributed by atoms with E-state index in [1.165, 1.54) is 31.2 Å². The van der Waals surface area contributed by atoms with E-state index in [1.54, 1.807) is 0 Å². The zero-order chi connectivity index (χ0) is 11.5. The lowest BCUT2D eigenvalue weighted by atomic mass is 10.2. The van der Waals surface area contributed by atoms with Gasteiger partial charge in [-0.05, 0) is 12.8 Å². The molecule has 0 unspecified atom stereocenters. The first kappa shape index (κ1) is 14.2. The minimum atomic E-state index is 0.884. The molecular weight excluding hydrogens is 180 g/mol. The fraction of sp³-hybridized carbons (Fsp3) is 0.600. The molecule has 0 aromatic heterocycles. The van der Waals surface area contributed by atoms with Gasteiger partial charge in [-0.25, -0.2) is 0 Å². The van der Waals surface area contributed by atoms with Gasteiger partial charge in [0.15, 0.2) is 0 Å². The molecule has 0 N–H and O–H groups in total. The third kappa shape index (κ3) is 15.9. The Morgan fingerprint density at radius 2 is 1.40 bits per heavy atom. The van der Waals surface area contributed by atoms with Crippen LogP contribution in [0.3, 0.4) is 0 Å². The van der Waals surface area contributed by atoms with Crippen LogP contribution in [0.15, 0.2) is 30.3 Å². The molecule has 1 aliphatic rings. The Hall–Kier alpha value is -0.780. The van der Waals surface area contributed by atoms with E-state index >= 15 is 0 Å². The molecule has 1 aromatic rings. The molecule has 0 spiro atoms. The van der Waals surface area contributed by atoms with Crippen LogP contribution in [0.4, 0.5) is 0 Å². The van der Waals surface area contributed by atoms with Crippen LogP contribution < -0.4 is 0 Å². The molecule has 0 aliphatic heterocycles.